The van der Waals surface area contributed by atoms with Gasteiger partial charge in [-0.3, -0.25) is 11.3 Å². The van der Waals surface area contributed by atoms with Crippen molar-refractivity contribution in [3.63, 3.8) is 0 Å². The van der Waals surface area contributed by atoms with Crippen LogP contribution in [-0.4, -0.2) is 7.11 Å². The van der Waals surface area contributed by atoms with Crippen molar-refractivity contribution in [3.05, 3.63) is 29.6 Å². The molecule has 0 aliphatic heterocycles. The van der Waals surface area contributed by atoms with E-state index >= 15 is 0 Å². The van der Waals surface area contributed by atoms with Crippen molar-refractivity contribution in [2.24, 2.45) is 11.3 Å². The number of hydrogen-bond acceptors (Lipinski definition) is 3. The number of rotatable bonds is 6. The minimum Gasteiger partial charge on any atom is -0.494 e. The molecule has 1 aromatic carbocycles. The van der Waals surface area contributed by atoms with Gasteiger partial charge in [0.25, 0.3) is 0 Å². The van der Waals surface area contributed by atoms with E-state index in [2.05, 4.69) is 26.2 Å². The third-order valence-electron chi connectivity index (χ3n) is 3.20. The van der Waals surface area contributed by atoms with Gasteiger partial charge in [-0.1, -0.05) is 33.3 Å². The van der Waals surface area contributed by atoms with Crippen molar-refractivity contribution < 1.29 is 9.13 Å². The predicted octanol–water partition coefficient (Wildman–Crippen LogP) is 3.56. The Morgan fingerprint density at radius 1 is 1.37 bits per heavy atom. The summed E-state index contributed by atoms with van der Waals surface area (Å²) in [6, 6.07) is 4.95. The van der Waals surface area contributed by atoms with Crippen LogP contribution >= 0.6 is 0 Å². The Morgan fingerprint density at radius 3 is 2.53 bits per heavy atom. The first-order valence-electron chi connectivity index (χ1n) is 6.67. The number of ether oxygens (including phenoxy) is 1. The van der Waals surface area contributed by atoms with E-state index in [-0.39, 0.29) is 17.6 Å². The van der Waals surface area contributed by atoms with Gasteiger partial charge in [0.1, 0.15) is 0 Å². The molecule has 1 atom stereocenters. The predicted molar refractivity (Wildman–Crippen MR) is 76.3 cm³/mol. The third-order valence-corrected chi connectivity index (χ3v) is 3.20. The van der Waals surface area contributed by atoms with Crippen molar-refractivity contribution in [2.75, 3.05) is 7.11 Å². The van der Waals surface area contributed by atoms with E-state index in [1.807, 2.05) is 6.07 Å². The lowest BCUT2D eigenvalue weighted by atomic mass is 9.88. The lowest BCUT2D eigenvalue weighted by molar-refractivity contribution is 0.344. The Morgan fingerprint density at radius 2 is 2.05 bits per heavy atom. The van der Waals surface area contributed by atoms with Gasteiger partial charge >= 0.3 is 0 Å². The van der Waals surface area contributed by atoms with Crippen molar-refractivity contribution in [2.45, 2.75) is 46.1 Å². The van der Waals surface area contributed by atoms with Crippen LogP contribution in [0.5, 0.6) is 5.75 Å². The van der Waals surface area contributed by atoms with E-state index in [9.17, 15) is 4.39 Å². The van der Waals surface area contributed by atoms with Gasteiger partial charge in [0, 0.05) is 6.04 Å². The van der Waals surface area contributed by atoms with E-state index in [0.717, 1.165) is 24.8 Å². The maximum atomic E-state index is 13.7. The Hall–Kier alpha value is -1.13. The van der Waals surface area contributed by atoms with Crippen LogP contribution in [0.15, 0.2) is 18.2 Å². The number of methoxy groups -OCH3 is 1. The van der Waals surface area contributed by atoms with Crippen LogP contribution in [0.4, 0.5) is 4.39 Å². The largest absolute Gasteiger partial charge is 0.494 e. The molecular weight excluding hydrogens is 243 g/mol. The summed E-state index contributed by atoms with van der Waals surface area (Å²) < 4.78 is 18.6. The maximum Gasteiger partial charge on any atom is 0.165 e. The topological polar surface area (TPSA) is 47.3 Å². The Bertz CT molecular complexity index is 402. The quantitative estimate of drug-likeness (QED) is 0.612. The van der Waals surface area contributed by atoms with E-state index in [1.54, 1.807) is 6.07 Å². The second-order valence-electron chi connectivity index (χ2n) is 6.07. The summed E-state index contributed by atoms with van der Waals surface area (Å²) in [5, 5.41) is 0. The molecule has 1 unspecified atom stereocenters. The summed E-state index contributed by atoms with van der Waals surface area (Å²) in [7, 11) is 1.46. The standard InChI is InChI=1S/C15H25FN2O/c1-15(2,3)9-5-6-13(18-17)11-7-8-14(19-4)12(16)10-11/h7-8,10,13,18H,5-6,9,17H2,1-4H3. The van der Waals surface area contributed by atoms with E-state index < -0.39 is 0 Å². The molecule has 0 bridgehead atoms. The SMILES string of the molecule is COc1ccc(C(CCCC(C)(C)C)NN)cc1F. The van der Waals surface area contributed by atoms with Gasteiger partial charge in [0.15, 0.2) is 11.6 Å². The van der Waals surface area contributed by atoms with Crippen LogP contribution in [0.1, 0.15) is 51.6 Å². The molecule has 0 spiro atoms. The molecule has 4 heteroatoms. The Balaban J connectivity index is 2.67. The van der Waals surface area contributed by atoms with Crippen LogP contribution in [0.3, 0.4) is 0 Å². The molecule has 0 amide bonds. The molecule has 0 saturated carbocycles. The molecule has 0 aromatic heterocycles. The highest BCUT2D eigenvalue weighted by Gasteiger charge is 2.15. The van der Waals surface area contributed by atoms with Crippen LogP contribution < -0.4 is 16.0 Å². The van der Waals surface area contributed by atoms with Crippen molar-refractivity contribution in [1.82, 2.24) is 5.43 Å². The van der Waals surface area contributed by atoms with Gasteiger partial charge in [-0.05, 0) is 36.0 Å². The highest BCUT2D eigenvalue weighted by atomic mass is 19.1. The van der Waals surface area contributed by atoms with Gasteiger partial charge in [-0.25, -0.2) is 4.39 Å². The number of hydrogen-bond donors (Lipinski definition) is 2. The first-order valence-corrected chi connectivity index (χ1v) is 6.67. The van der Waals surface area contributed by atoms with Gasteiger partial charge in [0.2, 0.25) is 0 Å². The molecule has 0 radical (unpaired) electrons. The number of hydrazine groups is 1. The molecule has 0 saturated heterocycles. The molecule has 108 valence electrons. The number of nitrogens with one attached hydrogen (secondary N) is 1. The van der Waals surface area contributed by atoms with Gasteiger partial charge in [-0.2, -0.15) is 0 Å². The second kappa shape index (κ2) is 6.87. The van der Waals surface area contributed by atoms with Gasteiger partial charge in [-0.15, -0.1) is 0 Å². The molecule has 0 heterocycles. The Kier molecular flexibility index (Phi) is 5.76. The molecule has 0 fully saturated rings. The fourth-order valence-electron chi connectivity index (χ4n) is 2.08. The summed E-state index contributed by atoms with van der Waals surface area (Å²) in [4.78, 5) is 0. The van der Waals surface area contributed by atoms with Crippen LogP contribution in [0.2, 0.25) is 0 Å². The third kappa shape index (κ3) is 5.17. The molecular formula is C15H25FN2O. The molecule has 1 aromatic rings. The van der Waals surface area contributed by atoms with Crippen molar-refractivity contribution in [3.8, 4) is 5.75 Å². The van der Waals surface area contributed by atoms with E-state index in [1.165, 1.54) is 13.2 Å². The number of halogens is 1. The summed E-state index contributed by atoms with van der Waals surface area (Å²) in [6.45, 7) is 6.64. The zero-order valence-corrected chi connectivity index (χ0v) is 12.3. The molecule has 1 rings (SSSR count). The fraction of sp³-hybridized carbons (Fsp3) is 0.600. The molecule has 3 N–H and O–H groups in total. The lowest BCUT2D eigenvalue weighted by Gasteiger charge is -2.21. The minimum atomic E-state index is -0.351. The lowest BCUT2D eigenvalue weighted by Crippen LogP contribution is -2.28. The van der Waals surface area contributed by atoms with E-state index in [0.29, 0.717) is 5.41 Å². The summed E-state index contributed by atoms with van der Waals surface area (Å²) in [5.41, 5.74) is 3.93. The summed E-state index contributed by atoms with van der Waals surface area (Å²) >= 11 is 0. The van der Waals surface area contributed by atoms with Crippen LogP contribution in [0.25, 0.3) is 0 Å². The van der Waals surface area contributed by atoms with E-state index in [4.69, 9.17) is 10.6 Å². The normalized spacial score (nSPS) is 13.4. The minimum absolute atomic E-state index is 0.0252. The molecule has 19 heavy (non-hydrogen) atoms. The summed E-state index contributed by atoms with van der Waals surface area (Å²) in [5.74, 6) is 5.48. The highest BCUT2D eigenvalue weighted by Crippen LogP contribution is 2.27. The monoisotopic (exact) mass is 268 g/mol. The smallest absolute Gasteiger partial charge is 0.165 e. The average Bonchev–Trinajstić information content (AvgIpc) is 2.33. The van der Waals surface area contributed by atoms with Crippen LogP contribution in [-0.2, 0) is 0 Å². The maximum absolute atomic E-state index is 13.7. The Labute approximate surface area is 115 Å². The first-order chi connectivity index (χ1) is 8.87. The zero-order valence-electron chi connectivity index (χ0n) is 12.3. The highest BCUT2D eigenvalue weighted by molar-refractivity contribution is 5.30. The van der Waals surface area contributed by atoms with Gasteiger partial charge in [0.05, 0.1) is 7.11 Å². The van der Waals surface area contributed by atoms with Crippen LogP contribution in [0, 0.1) is 11.2 Å². The number of nitrogens with two attached hydrogens (primary N) is 1. The first kappa shape index (κ1) is 15.9. The zero-order chi connectivity index (χ0) is 14.5. The van der Waals surface area contributed by atoms with Gasteiger partial charge < -0.3 is 4.74 Å². The molecule has 0 aliphatic rings. The van der Waals surface area contributed by atoms with Crippen molar-refractivity contribution >= 4 is 0 Å². The average molecular weight is 268 g/mol. The second-order valence-corrected chi connectivity index (χ2v) is 6.07. The fourth-order valence-corrected chi connectivity index (χ4v) is 2.08. The molecule has 3 nitrogen and oxygen atoms in total. The summed E-state index contributed by atoms with van der Waals surface area (Å²) in [6.07, 6.45) is 3.05. The number of benzene rings is 1. The van der Waals surface area contributed by atoms with Crippen molar-refractivity contribution in [1.29, 1.82) is 0 Å². The molecule has 0 aliphatic carbocycles.